The van der Waals surface area contributed by atoms with Crippen molar-refractivity contribution in [2.24, 2.45) is 20.0 Å². The van der Waals surface area contributed by atoms with Gasteiger partial charge in [-0.05, 0) is 128 Å². The molecule has 0 bridgehead atoms. The molecule has 0 aliphatic heterocycles. The Morgan fingerprint density at radius 1 is 0.319 bits per heavy atom. The van der Waals surface area contributed by atoms with Crippen molar-refractivity contribution < 1.29 is 109 Å². The van der Waals surface area contributed by atoms with E-state index in [2.05, 4.69) is 231 Å². The normalized spacial score (nSPS) is 9.69. The molecule has 0 heterocycles. The van der Waals surface area contributed by atoms with Crippen LogP contribution in [-0.2, 0) is 109 Å². The number of nitrogens with zero attached hydrogens (tertiary/aromatic N) is 29. The van der Waals surface area contributed by atoms with E-state index in [1.54, 1.807) is 155 Å². The van der Waals surface area contributed by atoms with Crippen LogP contribution in [0.2, 0.25) is 0 Å². The van der Waals surface area contributed by atoms with E-state index in [1.807, 2.05) is 134 Å². The van der Waals surface area contributed by atoms with E-state index in [4.69, 9.17) is 0 Å². The minimum atomic E-state index is 0. The van der Waals surface area contributed by atoms with Crippen molar-refractivity contribution in [2.75, 3.05) is 304 Å². The monoisotopic (exact) mass is 1790 g/mol. The van der Waals surface area contributed by atoms with Crippen LogP contribution in [0.1, 0.15) is 158 Å². The average Bonchev–Trinajstić information content (AvgIpc) is 0.986. The van der Waals surface area contributed by atoms with Gasteiger partial charge in [0, 0.05) is 29.9 Å². The zero-order chi connectivity index (χ0) is 89.5. The Kier molecular flexibility index (Phi) is 276. The summed E-state index contributed by atoms with van der Waals surface area (Å²) < 4.78 is 0. The minimum Gasteiger partial charge on any atom is -0.668 e. The second-order valence-electron chi connectivity index (χ2n) is 24.1. The fourth-order valence-electron chi connectivity index (χ4n) is 4.72. The van der Waals surface area contributed by atoms with E-state index in [0.717, 1.165) is 122 Å². The molecule has 0 aliphatic rings. The van der Waals surface area contributed by atoms with Crippen LogP contribution >= 0.6 is 0 Å². The molecule has 0 aromatic rings. The number of hydrogen-bond acceptors (Lipinski definition) is 6. The fourth-order valence-corrected chi connectivity index (χ4v) is 4.72. The summed E-state index contributed by atoms with van der Waals surface area (Å²) in [4.78, 5) is 27.0. The minimum absolute atomic E-state index is 0. The first kappa shape index (κ1) is 175. The Hall–Kier alpha value is -0.0686. The molecule has 0 aliphatic carbocycles. The summed E-state index contributed by atoms with van der Waals surface area (Å²) >= 11 is 0. The van der Waals surface area contributed by atoms with Gasteiger partial charge in [-0.1, -0.05) is 158 Å². The maximum atomic E-state index is 4.53. The molecular weight excluding hydrogens is 1600 g/mol. The molecule has 0 spiro atoms. The van der Waals surface area contributed by atoms with Gasteiger partial charge in [0.2, 0.25) is 0 Å². The third-order valence-corrected chi connectivity index (χ3v) is 8.93. The Balaban J connectivity index is -0.0000000370. The van der Waals surface area contributed by atoms with Crippen LogP contribution in [-0.4, -0.2) is 394 Å². The summed E-state index contributed by atoms with van der Waals surface area (Å²) in [5.41, 5.74) is 0. The van der Waals surface area contributed by atoms with Gasteiger partial charge < -0.3 is 156 Å². The van der Waals surface area contributed by atoms with Gasteiger partial charge in [-0.2, -0.15) is 206 Å². The summed E-state index contributed by atoms with van der Waals surface area (Å²) in [6.07, 6.45) is 2.40. The topological polar surface area (TPSA) is 360 Å². The van der Waals surface area contributed by atoms with Crippen molar-refractivity contribution in [1.29, 1.82) is 0 Å². The second-order valence-corrected chi connectivity index (χ2v) is 24.1. The smallest absolute Gasteiger partial charge is 0.668 e. The number of hydrogen-bond donors (Lipinski definition) is 1. The molecule has 0 aromatic heterocycles. The van der Waals surface area contributed by atoms with Gasteiger partial charge >= 0.3 is 109 Å². The van der Waals surface area contributed by atoms with E-state index >= 15 is 0 Å². The molecule has 1 N–H and O–H groups in total. The average molecular weight is 1790 g/mol. The van der Waals surface area contributed by atoms with E-state index in [1.165, 1.54) is 0 Å². The van der Waals surface area contributed by atoms with E-state index in [9.17, 15) is 0 Å². The molecule has 4 radical (unpaired) electrons. The molecule has 35 heteroatoms. The number of nitrogens with one attached hydrogen (secondary N) is 1. The maximum absolute atomic E-state index is 4.53. The molecule has 1 atom stereocenters. The van der Waals surface area contributed by atoms with Crippen LogP contribution in [0.25, 0.3) is 106 Å². The summed E-state index contributed by atoms with van der Waals surface area (Å²) in [7, 11) is 56.4. The van der Waals surface area contributed by atoms with Gasteiger partial charge in [0.15, 0.2) is 0 Å². The Morgan fingerprint density at radius 2 is 0.531 bits per heavy atom. The SMILES string of the molecule is CC(C)[N-]C(NC(C)C)N(C)C.CCN(C)C(=NC(C)C)[N-]C(C)C.CCN=C([N-]C)N(C)C.CC[N-]C.CC[N-]C.CC[N-]C.CC[N-]CCC[N-]CC.CC[N-]CCC[N-]CC.C[N-]C.C[N-]C.C[N-]C.C[N-]C.C[N-]C.C[N-]C.C[N-]C.C[N-]C.C[N-]C(=NC(C)C)N(C)C.C[N-]C(=NC(C)C)N(C)C.[Ti+3].[Ti+3].[Ti+3].[Ti+3].[Ti+4]. The van der Waals surface area contributed by atoms with E-state index in [-0.39, 0.29) is 115 Å². The molecule has 30 nitrogen and oxygen atoms in total. The molecule has 0 aromatic carbocycles. The maximum Gasteiger partial charge on any atom is 4.00 e. The Labute approximate surface area is 786 Å². The van der Waals surface area contributed by atoms with Crippen LogP contribution in [0.15, 0.2) is 20.0 Å². The number of guanidine groups is 4. The van der Waals surface area contributed by atoms with Crippen molar-refractivity contribution in [3.8, 4) is 0 Å². The molecule has 1 unspecified atom stereocenters. The first-order chi connectivity index (χ1) is 50.7. The predicted molar refractivity (Wildman–Crippen MR) is 511 cm³/mol. The van der Waals surface area contributed by atoms with Crippen molar-refractivity contribution in [2.45, 2.75) is 201 Å². The van der Waals surface area contributed by atoms with Gasteiger partial charge in [0.1, 0.15) is 0 Å². The second kappa shape index (κ2) is 178. The van der Waals surface area contributed by atoms with Gasteiger partial charge in [-0.3, -0.25) is 0 Å². The van der Waals surface area contributed by atoms with Crippen LogP contribution in [0.5, 0.6) is 0 Å². The van der Waals surface area contributed by atoms with Crippen LogP contribution < -0.4 is 5.32 Å². The van der Waals surface area contributed by atoms with Crippen molar-refractivity contribution >= 4 is 23.8 Å². The molecule has 0 saturated heterocycles. The van der Waals surface area contributed by atoms with Crippen LogP contribution in [0.4, 0.5) is 0 Å². The third-order valence-electron chi connectivity index (χ3n) is 8.93. The molecule has 0 fully saturated rings. The zero-order valence-electron chi connectivity index (χ0n) is 84.6. The van der Waals surface area contributed by atoms with Gasteiger partial charge in [-0.15, -0.1) is 6.04 Å². The first-order valence-electron chi connectivity index (χ1n) is 38.3. The zero-order valence-corrected chi connectivity index (χ0v) is 92.4. The summed E-state index contributed by atoms with van der Waals surface area (Å²) in [6.45, 7) is 55.6. The summed E-state index contributed by atoms with van der Waals surface area (Å²) in [5, 5.41) is 80.3. The summed E-state index contributed by atoms with van der Waals surface area (Å²) in [6, 6.07) is 2.11. The fraction of sp³-hybridized carbons (Fsp3) is 0.949. The molecule has 680 valence electrons. The van der Waals surface area contributed by atoms with Crippen LogP contribution in [0.3, 0.4) is 0 Å². The van der Waals surface area contributed by atoms with Crippen molar-refractivity contribution in [3.63, 3.8) is 0 Å². The molecular formula is C78H194N30Ti5-4. The van der Waals surface area contributed by atoms with E-state index < -0.39 is 0 Å². The first-order valence-corrected chi connectivity index (χ1v) is 38.3. The van der Waals surface area contributed by atoms with Crippen LogP contribution in [0, 0.1) is 0 Å². The summed E-state index contributed by atoms with van der Waals surface area (Å²) in [5.74, 6) is 3.27. The third kappa shape index (κ3) is 277. The molecule has 0 saturated carbocycles. The van der Waals surface area contributed by atoms with E-state index in [0.29, 0.717) is 36.3 Å². The van der Waals surface area contributed by atoms with Gasteiger partial charge in [0.05, 0.1) is 0 Å². The van der Waals surface area contributed by atoms with Crippen molar-refractivity contribution in [1.82, 2.24) is 29.8 Å². The Morgan fingerprint density at radius 3 is 0.637 bits per heavy atom. The van der Waals surface area contributed by atoms with Gasteiger partial charge in [0.25, 0.3) is 0 Å². The predicted octanol–water partition coefficient (Wildman–Crippen LogP) is 20.0. The molecule has 113 heavy (non-hydrogen) atoms. The quantitative estimate of drug-likeness (QED) is 0.0288. The Bertz CT molecular complexity index is 1370. The number of rotatable bonds is 26. The number of aliphatic imine (C=N–C) groups is 4. The van der Waals surface area contributed by atoms with Gasteiger partial charge in [-0.25, -0.2) is 0 Å². The standard InChI is InChI=1S/C10H22N3.C9H22N3.2C7H16N3.2C7H16N2.C6H14N3.3C3H8N.8C2H6N.5Ti/c1-7-13(6)10(11-8(2)3)12-9(4)5;1-7(2)10-9(12(5)6)11-8(3)4;2*1-6(2)9-7(8-3)10(4)5;2*1-3-8-6-5-7-9-4-2;1-5-8-6(7-2)9(3)4;3*1-3-4-2;8*1-3-2;;;;;/h8-9H,7H2,1-6H3;7-10H,1-6H3;2*6H,1-5H3;2*3-7H2,1-2H3;5H2,1-4H3;3*3H2,1-2H3;8*1-2H3;;;;;/q4*-1;2*-2;12*-1;4*+3;+4. The molecule has 0 amide bonds. The largest absolute Gasteiger partial charge is 4.00 e. The van der Waals surface area contributed by atoms with Crippen molar-refractivity contribution in [3.05, 3.63) is 106 Å². The molecule has 0 rings (SSSR count).